The van der Waals surface area contributed by atoms with Gasteiger partial charge in [0.25, 0.3) is 0 Å². The van der Waals surface area contributed by atoms with Crippen LogP contribution in [0.1, 0.15) is 57.0 Å². The number of fused-ring (bicyclic) bond motifs is 1. The standard InChI is InChI=1S/C17H26B3N5O/c1-10(26)16-23-13-9-22-15(24-17(18,19)20)8-14(13)25(16)12-4-2-11(3-5-12)6-7-21/h8-12,26H,2-6,18-20H2,1H3,(H,22,24)/t10-,11-,12-/m1/s1. The van der Waals surface area contributed by atoms with E-state index in [1.165, 1.54) is 0 Å². The highest BCUT2D eigenvalue weighted by atomic mass is 16.3. The van der Waals surface area contributed by atoms with Crippen LogP contribution < -0.4 is 5.32 Å². The second-order valence-corrected chi connectivity index (χ2v) is 8.49. The average molecular weight is 349 g/mol. The number of nitrogens with zero attached hydrogens (tertiary/aromatic N) is 4. The molecular weight excluding hydrogens is 323 g/mol. The quantitative estimate of drug-likeness (QED) is 0.746. The number of hydrogen-bond acceptors (Lipinski definition) is 5. The fourth-order valence-electron chi connectivity index (χ4n) is 3.88. The summed E-state index contributed by atoms with van der Waals surface area (Å²) in [6.45, 7) is 1.76. The highest BCUT2D eigenvalue weighted by Crippen LogP contribution is 2.37. The Labute approximate surface area is 157 Å². The van der Waals surface area contributed by atoms with E-state index in [0.717, 1.165) is 42.5 Å². The first-order chi connectivity index (χ1) is 12.3. The summed E-state index contributed by atoms with van der Waals surface area (Å²) in [5, 5.41) is 22.5. The van der Waals surface area contributed by atoms with Gasteiger partial charge in [-0.2, -0.15) is 5.26 Å². The monoisotopic (exact) mass is 349 g/mol. The minimum Gasteiger partial charge on any atom is -0.388 e. The van der Waals surface area contributed by atoms with Crippen LogP contribution in [0.4, 0.5) is 5.82 Å². The van der Waals surface area contributed by atoms with E-state index in [9.17, 15) is 5.11 Å². The Hall–Kier alpha value is -1.94. The summed E-state index contributed by atoms with van der Waals surface area (Å²) in [5.74, 6) is 2.03. The molecule has 1 fully saturated rings. The number of anilines is 1. The lowest BCUT2D eigenvalue weighted by Crippen LogP contribution is -2.40. The number of hydrogen-bond donors (Lipinski definition) is 2. The van der Waals surface area contributed by atoms with Crippen LogP contribution in [-0.4, -0.2) is 48.4 Å². The van der Waals surface area contributed by atoms with Crippen LogP contribution in [0.2, 0.25) is 0 Å². The predicted octanol–water partition coefficient (Wildman–Crippen LogP) is 0.0521. The molecule has 0 aliphatic heterocycles. The van der Waals surface area contributed by atoms with Gasteiger partial charge in [-0.05, 0) is 43.8 Å². The molecule has 3 rings (SSSR count). The summed E-state index contributed by atoms with van der Waals surface area (Å²) in [4.78, 5) is 9.13. The van der Waals surface area contributed by atoms with Crippen molar-refractivity contribution in [1.82, 2.24) is 14.5 Å². The first-order valence-corrected chi connectivity index (χ1v) is 9.49. The van der Waals surface area contributed by atoms with E-state index in [1.807, 2.05) is 6.07 Å². The number of nitrogens with one attached hydrogen (secondary N) is 1. The van der Waals surface area contributed by atoms with Crippen LogP contribution in [0, 0.1) is 17.2 Å². The Morgan fingerprint density at radius 2 is 2.08 bits per heavy atom. The average Bonchev–Trinajstić information content (AvgIpc) is 2.93. The van der Waals surface area contributed by atoms with Crippen molar-refractivity contribution in [1.29, 1.82) is 5.26 Å². The van der Waals surface area contributed by atoms with Gasteiger partial charge in [-0.3, -0.25) is 0 Å². The molecule has 134 valence electrons. The molecule has 0 radical (unpaired) electrons. The molecule has 9 heteroatoms. The van der Waals surface area contributed by atoms with Crippen molar-refractivity contribution in [3.8, 4) is 6.07 Å². The highest BCUT2D eigenvalue weighted by molar-refractivity contribution is 6.60. The molecule has 0 aromatic carbocycles. The van der Waals surface area contributed by atoms with Crippen LogP contribution >= 0.6 is 0 Å². The Balaban J connectivity index is 1.97. The normalized spacial score (nSPS) is 22.0. The maximum Gasteiger partial charge on any atom is 0.138 e. The SMILES string of the molecule is BC(B)(B)Nc1cc2c(cn1)nc([C@@H](C)O)n2[C@H]1CC[C@H](CC#N)CC1. The number of aliphatic hydroxyl groups is 1. The lowest BCUT2D eigenvalue weighted by molar-refractivity contribution is 0.175. The first-order valence-electron chi connectivity index (χ1n) is 9.49. The van der Waals surface area contributed by atoms with Crippen LogP contribution in [0.15, 0.2) is 12.3 Å². The molecule has 0 amide bonds. The summed E-state index contributed by atoms with van der Waals surface area (Å²) in [5.41, 5.74) is 1.84. The number of pyridine rings is 1. The minimum absolute atomic E-state index is 0.0754. The number of rotatable bonds is 5. The lowest BCUT2D eigenvalue weighted by Gasteiger charge is -2.30. The van der Waals surface area contributed by atoms with Crippen molar-refractivity contribution < 1.29 is 5.11 Å². The maximum absolute atomic E-state index is 10.3. The van der Waals surface area contributed by atoms with Crippen LogP contribution in [0.25, 0.3) is 11.0 Å². The van der Waals surface area contributed by atoms with Crippen LogP contribution in [0.3, 0.4) is 0 Å². The molecule has 6 nitrogen and oxygen atoms in total. The molecule has 0 bridgehead atoms. The third kappa shape index (κ3) is 4.07. The summed E-state index contributed by atoms with van der Waals surface area (Å²) < 4.78 is 2.21. The lowest BCUT2D eigenvalue weighted by atomic mass is 9.49. The molecule has 2 aromatic heterocycles. The van der Waals surface area contributed by atoms with Crippen LogP contribution in [-0.2, 0) is 0 Å². The molecule has 1 aliphatic carbocycles. The van der Waals surface area contributed by atoms with Crippen molar-refractivity contribution in [2.45, 2.75) is 56.4 Å². The molecule has 2 N–H and O–H groups in total. The zero-order valence-corrected chi connectivity index (χ0v) is 16.2. The molecule has 26 heavy (non-hydrogen) atoms. The largest absolute Gasteiger partial charge is 0.388 e. The zero-order chi connectivity index (χ0) is 18.9. The summed E-state index contributed by atoms with van der Waals surface area (Å²) in [6.07, 6.45) is 5.93. The summed E-state index contributed by atoms with van der Waals surface area (Å²) in [6, 6.07) is 4.65. The maximum atomic E-state index is 10.3. The highest BCUT2D eigenvalue weighted by Gasteiger charge is 2.27. The van der Waals surface area contributed by atoms with Gasteiger partial charge in [0.15, 0.2) is 0 Å². The van der Waals surface area contributed by atoms with Gasteiger partial charge < -0.3 is 15.0 Å². The van der Waals surface area contributed by atoms with Gasteiger partial charge in [0, 0.05) is 18.5 Å². The molecule has 1 saturated carbocycles. The summed E-state index contributed by atoms with van der Waals surface area (Å²) in [7, 11) is 6.32. The van der Waals surface area contributed by atoms with E-state index >= 15 is 0 Å². The van der Waals surface area contributed by atoms with E-state index in [1.54, 1.807) is 13.1 Å². The smallest absolute Gasteiger partial charge is 0.138 e. The van der Waals surface area contributed by atoms with Gasteiger partial charge in [0.2, 0.25) is 0 Å². The van der Waals surface area contributed by atoms with Crippen molar-refractivity contribution in [3.05, 3.63) is 18.1 Å². The number of nitriles is 1. The van der Waals surface area contributed by atoms with Gasteiger partial charge in [0.05, 0.1) is 17.8 Å². The van der Waals surface area contributed by atoms with E-state index in [2.05, 4.69) is 49.5 Å². The first kappa shape index (κ1) is 18.8. The second-order valence-electron chi connectivity index (χ2n) is 8.49. The van der Waals surface area contributed by atoms with Crippen molar-refractivity contribution in [3.63, 3.8) is 0 Å². The molecule has 1 atom stereocenters. The Morgan fingerprint density at radius 1 is 1.38 bits per heavy atom. The zero-order valence-electron chi connectivity index (χ0n) is 16.2. The molecule has 0 spiro atoms. The number of aromatic nitrogens is 3. The molecule has 2 heterocycles. The van der Waals surface area contributed by atoms with Crippen molar-refractivity contribution in [2.24, 2.45) is 5.92 Å². The number of aliphatic hydroxyl groups excluding tert-OH is 1. The third-order valence-corrected chi connectivity index (χ3v) is 5.04. The van der Waals surface area contributed by atoms with Gasteiger partial charge in [0.1, 0.15) is 46.8 Å². The van der Waals surface area contributed by atoms with Gasteiger partial charge in [-0.1, -0.05) is 0 Å². The van der Waals surface area contributed by atoms with Gasteiger partial charge >= 0.3 is 0 Å². The molecule has 2 aromatic rings. The van der Waals surface area contributed by atoms with E-state index in [4.69, 9.17) is 5.26 Å². The van der Waals surface area contributed by atoms with Crippen LogP contribution in [0.5, 0.6) is 0 Å². The Kier molecular flexibility index (Phi) is 5.33. The predicted molar refractivity (Wildman–Crippen MR) is 111 cm³/mol. The second kappa shape index (κ2) is 7.36. The molecule has 1 aliphatic rings. The molecule has 0 unspecified atom stereocenters. The van der Waals surface area contributed by atoms with Crippen molar-refractivity contribution >= 4 is 40.4 Å². The fraction of sp³-hybridized carbons (Fsp3) is 0.588. The molecular formula is C17H26B3N5O. The molecule has 0 saturated heterocycles. The van der Waals surface area contributed by atoms with E-state index < -0.39 is 6.10 Å². The fourth-order valence-corrected chi connectivity index (χ4v) is 3.88. The third-order valence-electron chi connectivity index (χ3n) is 5.04. The van der Waals surface area contributed by atoms with E-state index in [0.29, 0.717) is 24.2 Å². The van der Waals surface area contributed by atoms with Gasteiger partial charge in [-0.15, -0.1) is 0 Å². The number of imidazole rings is 1. The Morgan fingerprint density at radius 3 is 2.65 bits per heavy atom. The topological polar surface area (TPSA) is 86.8 Å². The minimum atomic E-state index is -0.627. The summed E-state index contributed by atoms with van der Waals surface area (Å²) >= 11 is 0. The van der Waals surface area contributed by atoms with Gasteiger partial charge in [-0.25, -0.2) is 9.97 Å². The van der Waals surface area contributed by atoms with Crippen molar-refractivity contribution in [2.75, 3.05) is 5.32 Å². The Bertz CT molecular complexity index is 816. The van der Waals surface area contributed by atoms with E-state index in [-0.39, 0.29) is 5.24 Å².